The second kappa shape index (κ2) is 9.20. The summed E-state index contributed by atoms with van der Waals surface area (Å²) in [5.74, 6) is -1.23. The number of aryl methyl sites for hydroxylation is 2. The SMILES string of the molecule is Cc1cnc(-n2nccc2C(C)(C)O)cc1-n1c(C)cc(OCc2ncc(F)cc2F)c(Cl)c1=O. The minimum atomic E-state index is -1.17. The molecular weight excluding hydrogens is 480 g/mol. The van der Waals surface area contributed by atoms with Crippen molar-refractivity contribution in [3.05, 3.63) is 92.5 Å². The smallest absolute Gasteiger partial charge is 0.277 e. The largest absolute Gasteiger partial charge is 0.485 e. The number of pyridine rings is 3. The molecule has 0 spiro atoms. The van der Waals surface area contributed by atoms with Crippen LogP contribution in [0.1, 0.15) is 36.5 Å². The van der Waals surface area contributed by atoms with E-state index in [1.165, 1.54) is 9.25 Å². The highest BCUT2D eigenvalue weighted by Gasteiger charge is 2.23. The lowest BCUT2D eigenvalue weighted by Crippen LogP contribution is -2.24. The van der Waals surface area contributed by atoms with Gasteiger partial charge in [-0.2, -0.15) is 5.10 Å². The lowest BCUT2D eigenvalue weighted by Gasteiger charge is -2.20. The first-order valence-corrected chi connectivity index (χ1v) is 10.9. The maximum absolute atomic E-state index is 13.9. The molecule has 0 atom stereocenters. The van der Waals surface area contributed by atoms with Crippen molar-refractivity contribution in [1.29, 1.82) is 0 Å². The van der Waals surface area contributed by atoms with Gasteiger partial charge in [0, 0.05) is 36.3 Å². The summed E-state index contributed by atoms with van der Waals surface area (Å²) in [6.07, 6.45) is 4.01. The van der Waals surface area contributed by atoms with Crippen molar-refractivity contribution in [3.8, 4) is 17.3 Å². The summed E-state index contributed by atoms with van der Waals surface area (Å²) in [5, 5.41) is 14.5. The van der Waals surface area contributed by atoms with Crippen molar-refractivity contribution in [1.82, 2.24) is 24.3 Å². The summed E-state index contributed by atoms with van der Waals surface area (Å²) in [5.41, 5.74) is 0.362. The van der Waals surface area contributed by atoms with Gasteiger partial charge in [0.1, 0.15) is 34.5 Å². The number of hydrogen-bond acceptors (Lipinski definition) is 6. The van der Waals surface area contributed by atoms with Crippen LogP contribution in [0.25, 0.3) is 11.5 Å². The minimum Gasteiger partial charge on any atom is -0.485 e. The Balaban J connectivity index is 1.73. The second-order valence-electron chi connectivity index (χ2n) is 8.49. The molecule has 0 aliphatic heterocycles. The number of rotatable bonds is 6. The van der Waals surface area contributed by atoms with Gasteiger partial charge < -0.3 is 9.84 Å². The van der Waals surface area contributed by atoms with Crippen LogP contribution in [0.5, 0.6) is 5.75 Å². The predicted octanol–water partition coefficient (Wildman–Crippen LogP) is 4.17. The summed E-state index contributed by atoms with van der Waals surface area (Å²) in [4.78, 5) is 21.3. The van der Waals surface area contributed by atoms with Crippen molar-refractivity contribution in [2.75, 3.05) is 0 Å². The average Bonchev–Trinajstić information content (AvgIpc) is 3.28. The van der Waals surface area contributed by atoms with Crippen LogP contribution in [0.2, 0.25) is 5.02 Å². The van der Waals surface area contributed by atoms with Crippen molar-refractivity contribution in [2.24, 2.45) is 0 Å². The van der Waals surface area contributed by atoms with Crippen LogP contribution in [0, 0.1) is 25.5 Å². The van der Waals surface area contributed by atoms with Crippen molar-refractivity contribution in [3.63, 3.8) is 0 Å². The summed E-state index contributed by atoms with van der Waals surface area (Å²) in [6.45, 7) is 6.41. The number of nitrogens with zero attached hydrogens (tertiary/aromatic N) is 5. The standard InChI is InChI=1S/C24H22ClF2N5O3/c1-13-10-29-21(32-20(5-6-30-32)24(3,4)34)9-18(13)31-14(2)7-19(22(25)23(31)33)35-12-17-16(27)8-15(26)11-28-17/h5-11,34H,12H2,1-4H3. The Morgan fingerprint density at radius 2 is 1.89 bits per heavy atom. The Morgan fingerprint density at radius 3 is 2.57 bits per heavy atom. The molecule has 0 aliphatic carbocycles. The van der Waals surface area contributed by atoms with Gasteiger partial charge in [-0.15, -0.1) is 0 Å². The van der Waals surface area contributed by atoms with Crippen LogP contribution in [0.3, 0.4) is 0 Å². The molecule has 0 unspecified atom stereocenters. The zero-order valence-electron chi connectivity index (χ0n) is 19.4. The van der Waals surface area contributed by atoms with Gasteiger partial charge in [-0.05, 0) is 39.3 Å². The topological polar surface area (TPSA) is 95.1 Å². The first-order valence-electron chi connectivity index (χ1n) is 10.6. The highest BCUT2D eigenvalue weighted by atomic mass is 35.5. The molecule has 0 aliphatic rings. The molecule has 182 valence electrons. The Labute approximate surface area is 204 Å². The number of halogens is 3. The van der Waals surface area contributed by atoms with Crippen molar-refractivity contribution in [2.45, 2.75) is 39.9 Å². The van der Waals surface area contributed by atoms with Crippen LogP contribution in [0.15, 0.2) is 47.7 Å². The molecule has 4 aromatic rings. The van der Waals surface area contributed by atoms with Gasteiger partial charge in [0.2, 0.25) is 0 Å². The molecule has 35 heavy (non-hydrogen) atoms. The van der Waals surface area contributed by atoms with Gasteiger partial charge in [0.15, 0.2) is 11.6 Å². The van der Waals surface area contributed by atoms with E-state index in [0.29, 0.717) is 34.5 Å². The van der Waals surface area contributed by atoms with E-state index >= 15 is 0 Å². The highest BCUT2D eigenvalue weighted by molar-refractivity contribution is 6.31. The molecule has 11 heteroatoms. The molecule has 8 nitrogen and oxygen atoms in total. The van der Waals surface area contributed by atoms with Crippen molar-refractivity contribution < 1.29 is 18.6 Å². The molecular formula is C24H22ClF2N5O3. The fourth-order valence-corrected chi connectivity index (χ4v) is 3.78. The van der Waals surface area contributed by atoms with Gasteiger partial charge in [-0.1, -0.05) is 11.6 Å². The van der Waals surface area contributed by atoms with E-state index in [2.05, 4.69) is 15.1 Å². The zero-order chi connectivity index (χ0) is 25.5. The molecule has 0 aromatic carbocycles. The highest BCUT2D eigenvalue weighted by Crippen LogP contribution is 2.27. The van der Waals surface area contributed by atoms with E-state index in [0.717, 1.165) is 6.20 Å². The fraction of sp³-hybridized carbons (Fsp3) is 0.250. The number of aromatic nitrogens is 5. The molecule has 4 aromatic heterocycles. The Hall–Kier alpha value is -3.63. The maximum atomic E-state index is 13.9. The van der Waals surface area contributed by atoms with E-state index in [1.807, 2.05) is 0 Å². The molecule has 0 bridgehead atoms. The monoisotopic (exact) mass is 501 g/mol. The van der Waals surface area contributed by atoms with Gasteiger partial charge >= 0.3 is 0 Å². The minimum absolute atomic E-state index is 0.0410. The lowest BCUT2D eigenvalue weighted by molar-refractivity contribution is 0.0710. The third-order valence-corrected chi connectivity index (χ3v) is 5.68. The number of aliphatic hydroxyl groups is 1. The molecule has 0 saturated carbocycles. The maximum Gasteiger partial charge on any atom is 0.277 e. The number of ether oxygens (including phenoxy) is 1. The summed E-state index contributed by atoms with van der Waals surface area (Å²) in [7, 11) is 0. The Morgan fingerprint density at radius 1 is 1.14 bits per heavy atom. The van der Waals surface area contributed by atoms with Gasteiger partial charge in [0.25, 0.3) is 5.56 Å². The van der Waals surface area contributed by atoms with Crippen LogP contribution in [-0.2, 0) is 12.2 Å². The predicted molar refractivity (Wildman–Crippen MR) is 125 cm³/mol. The van der Waals surface area contributed by atoms with E-state index in [1.54, 1.807) is 58.3 Å². The molecule has 0 fully saturated rings. The average molecular weight is 502 g/mol. The van der Waals surface area contributed by atoms with Gasteiger partial charge in [-0.3, -0.25) is 14.3 Å². The number of hydrogen-bond donors (Lipinski definition) is 1. The molecule has 1 N–H and O–H groups in total. The molecule has 0 saturated heterocycles. The van der Waals surface area contributed by atoms with E-state index in [-0.39, 0.29) is 23.1 Å². The van der Waals surface area contributed by atoms with Crippen molar-refractivity contribution >= 4 is 11.6 Å². The molecule has 0 radical (unpaired) electrons. The van der Waals surface area contributed by atoms with Crippen LogP contribution in [0.4, 0.5) is 8.78 Å². The molecule has 4 rings (SSSR count). The summed E-state index contributed by atoms with van der Waals surface area (Å²) >= 11 is 6.33. The zero-order valence-corrected chi connectivity index (χ0v) is 20.1. The molecule has 4 heterocycles. The van der Waals surface area contributed by atoms with Gasteiger partial charge in [-0.25, -0.2) is 18.4 Å². The Kier molecular flexibility index (Phi) is 6.44. The second-order valence-corrected chi connectivity index (χ2v) is 8.87. The van der Waals surface area contributed by atoms with Gasteiger partial charge in [0.05, 0.1) is 17.6 Å². The third-order valence-electron chi connectivity index (χ3n) is 5.34. The quantitative estimate of drug-likeness (QED) is 0.426. The van der Waals surface area contributed by atoms with Crippen LogP contribution >= 0.6 is 11.6 Å². The fourth-order valence-electron chi connectivity index (χ4n) is 3.59. The molecule has 0 amide bonds. The third kappa shape index (κ3) is 4.80. The van der Waals surface area contributed by atoms with Crippen LogP contribution in [-0.4, -0.2) is 29.4 Å². The normalized spacial score (nSPS) is 11.7. The van der Waals surface area contributed by atoms with Crippen LogP contribution < -0.4 is 10.3 Å². The first-order chi connectivity index (χ1) is 16.5. The Bertz CT molecular complexity index is 1480. The van der Waals surface area contributed by atoms with E-state index in [4.69, 9.17) is 16.3 Å². The summed E-state index contributed by atoms with van der Waals surface area (Å²) < 4.78 is 35.4. The van der Waals surface area contributed by atoms with E-state index < -0.39 is 22.8 Å². The lowest BCUT2D eigenvalue weighted by atomic mass is 10.1. The van der Waals surface area contributed by atoms with E-state index in [9.17, 15) is 18.7 Å². The first kappa shape index (κ1) is 24.5. The summed E-state index contributed by atoms with van der Waals surface area (Å²) in [6, 6.07) is 5.59.